The molecule has 0 N–H and O–H groups in total. The minimum absolute atomic E-state index is 0.0312. The van der Waals surface area contributed by atoms with Crippen molar-refractivity contribution in [2.75, 3.05) is 0 Å². The van der Waals surface area contributed by atoms with Crippen molar-refractivity contribution >= 4 is 17.5 Å². The predicted molar refractivity (Wildman–Crippen MR) is 57.0 cm³/mol. The van der Waals surface area contributed by atoms with Crippen molar-refractivity contribution in [3.8, 4) is 0 Å². The minimum Gasteiger partial charge on any atom is -0.298 e. The third-order valence-corrected chi connectivity index (χ3v) is 3.18. The highest BCUT2D eigenvalue weighted by Gasteiger charge is 2.14. The van der Waals surface area contributed by atoms with E-state index in [1.165, 1.54) is 0 Å². The highest BCUT2D eigenvalue weighted by molar-refractivity contribution is 8.00. The number of carbonyl (C=O) groups excluding carboxylic acids is 1. The fourth-order valence-electron chi connectivity index (χ4n) is 1.11. The van der Waals surface area contributed by atoms with E-state index in [-0.39, 0.29) is 15.9 Å². The monoisotopic (exact) mass is 230 g/mol. The molecule has 0 fully saturated rings. The zero-order chi connectivity index (χ0) is 11.4. The number of Topliss-reactive ketones (excluding diaryl/α,β-unsaturated/α-hetero) is 1. The van der Waals surface area contributed by atoms with Gasteiger partial charge in [0.25, 0.3) is 0 Å². The van der Waals surface area contributed by atoms with Gasteiger partial charge in [0, 0.05) is 11.3 Å². The van der Waals surface area contributed by atoms with Crippen molar-refractivity contribution in [1.29, 1.82) is 0 Å². The number of hydrogen-bond acceptors (Lipinski definition) is 2. The van der Waals surface area contributed by atoms with Gasteiger partial charge >= 0.3 is 0 Å². The van der Waals surface area contributed by atoms with E-state index >= 15 is 0 Å². The first kappa shape index (κ1) is 12.2. The molecule has 0 aliphatic carbocycles. The molecule has 0 bridgehead atoms. The largest absolute Gasteiger partial charge is 0.298 e. The zero-order valence-corrected chi connectivity index (χ0v) is 9.41. The summed E-state index contributed by atoms with van der Waals surface area (Å²) in [6, 6.07) is 3.24. The van der Waals surface area contributed by atoms with E-state index in [0.717, 1.165) is 30.0 Å². The number of benzene rings is 1. The van der Waals surface area contributed by atoms with Crippen molar-refractivity contribution in [2.45, 2.75) is 30.4 Å². The third-order valence-electron chi connectivity index (χ3n) is 2.00. The van der Waals surface area contributed by atoms with Crippen LogP contribution in [0.3, 0.4) is 0 Å². The Morgan fingerprint density at radius 1 is 1.47 bits per heavy atom. The van der Waals surface area contributed by atoms with Crippen LogP contribution in [0.25, 0.3) is 0 Å². The van der Waals surface area contributed by atoms with Gasteiger partial charge in [0.15, 0.2) is 0 Å². The van der Waals surface area contributed by atoms with E-state index in [1.807, 2.05) is 0 Å². The van der Waals surface area contributed by atoms with Gasteiger partial charge in [-0.3, -0.25) is 4.79 Å². The lowest BCUT2D eigenvalue weighted by Crippen LogP contribution is -2.11. The summed E-state index contributed by atoms with van der Waals surface area (Å²) in [5.41, 5.74) is 0. The SMILES string of the molecule is CCC(=O)C(C)Sc1cc(F)ccc1F. The fraction of sp³-hybridized carbons (Fsp3) is 0.364. The van der Waals surface area contributed by atoms with Crippen LogP contribution in [0.2, 0.25) is 0 Å². The van der Waals surface area contributed by atoms with E-state index < -0.39 is 11.6 Å². The molecule has 1 atom stereocenters. The summed E-state index contributed by atoms with van der Waals surface area (Å²) in [5.74, 6) is -0.948. The highest BCUT2D eigenvalue weighted by atomic mass is 32.2. The van der Waals surface area contributed by atoms with Crippen molar-refractivity contribution < 1.29 is 13.6 Å². The molecule has 1 rings (SSSR count). The summed E-state index contributed by atoms with van der Waals surface area (Å²) >= 11 is 1.05. The Morgan fingerprint density at radius 2 is 2.13 bits per heavy atom. The lowest BCUT2D eigenvalue weighted by molar-refractivity contribution is -0.117. The van der Waals surface area contributed by atoms with E-state index in [0.29, 0.717) is 6.42 Å². The third kappa shape index (κ3) is 3.30. The van der Waals surface area contributed by atoms with Gasteiger partial charge in [-0.05, 0) is 25.1 Å². The van der Waals surface area contributed by atoms with Gasteiger partial charge in [-0.15, -0.1) is 11.8 Å². The van der Waals surface area contributed by atoms with E-state index in [4.69, 9.17) is 0 Å². The Morgan fingerprint density at radius 3 is 2.73 bits per heavy atom. The highest BCUT2D eigenvalue weighted by Crippen LogP contribution is 2.27. The Kier molecular flexibility index (Phi) is 4.27. The van der Waals surface area contributed by atoms with Crippen LogP contribution >= 0.6 is 11.8 Å². The van der Waals surface area contributed by atoms with Crippen LogP contribution in [-0.2, 0) is 4.79 Å². The van der Waals surface area contributed by atoms with Crippen LogP contribution in [-0.4, -0.2) is 11.0 Å². The van der Waals surface area contributed by atoms with Gasteiger partial charge in [0.1, 0.15) is 17.4 Å². The summed E-state index contributed by atoms with van der Waals surface area (Å²) in [5, 5.41) is -0.341. The molecule has 0 saturated carbocycles. The maximum absolute atomic E-state index is 13.2. The summed E-state index contributed by atoms with van der Waals surface area (Å²) in [7, 11) is 0. The Balaban J connectivity index is 2.80. The van der Waals surface area contributed by atoms with E-state index in [1.54, 1.807) is 13.8 Å². The molecule has 0 radical (unpaired) electrons. The first-order chi connectivity index (χ1) is 7.04. The van der Waals surface area contributed by atoms with Crippen LogP contribution in [0, 0.1) is 11.6 Å². The number of hydrogen-bond donors (Lipinski definition) is 0. The quantitative estimate of drug-likeness (QED) is 0.737. The van der Waals surface area contributed by atoms with Gasteiger partial charge in [-0.25, -0.2) is 8.78 Å². The number of rotatable bonds is 4. The Bertz CT molecular complexity index is 366. The summed E-state index contributed by atoms with van der Waals surface area (Å²) in [6.07, 6.45) is 0.408. The second-order valence-corrected chi connectivity index (χ2v) is 4.54. The summed E-state index contributed by atoms with van der Waals surface area (Å²) in [6.45, 7) is 3.45. The lowest BCUT2D eigenvalue weighted by Gasteiger charge is -2.09. The van der Waals surface area contributed by atoms with Gasteiger partial charge in [-0.2, -0.15) is 0 Å². The first-order valence-electron chi connectivity index (χ1n) is 4.69. The first-order valence-corrected chi connectivity index (χ1v) is 5.57. The normalized spacial score (nSPS) is 12.5. The van der Waals surface area contributed by atoms with Crippen LogP contribution in [0.1, 0.15) is 20.3 Å². The molecule has 0 aliphatic rings. The number of thioether (sulfide) groups is 1. The molecule has 1 nitrogen and oxygen atoms in total. The maximum atomic E-state index is 13.2. The molecule has 0 aliphatic heterocycles. The standard InChI is InChI=1S/C11H12F2OS/c1-3-10(14)7(2)15-11-6-8(12)4-5-9(11)13/h4-7H,3H2,1-2H3. The van der Waals surface area contributed by atoms with Crippen molar-refractivity contribution in [2.24, 2.45) is 0 Å². The second kappa shape index (κ2) is 5.26. The van der Waals surface area contributed by atoms with Gasteiger partial charge in [0.05, 0.1) is 5.25 Å². The van der Waals surface area contributed by atoms with Crippen LogP contribution < -0.4 is 0 Å². The Labute approximate surface area is 91.9 Å². The number of carbonyl (C=O) groups is 1. The number of halogens is 2. The molecule has 0 amide bonds. The molecule has 1 unspecified atom stereocenters. The molecular formula is C11H12F2OS. The van der Waals surface area contributed by atoms with Gasteiger partial charge < -0.3 is 0 Å². The van der Waals surface area contributed by atoms with Crippen LogP contribution in [0.4, 0.5) is 8.78 Å². The average Bonchev–Trinajstić information content (AvgIpc) is 2.22. The molecule has 1 aromatic carbocycles. The van der Waals surface area contributed by atoms with Gasteiger partial charge in [-0.1, -0.05) is 6.92 Å². The van der Waals surface area contributed by atoms with Gasteiger partial charge in [0.2, 0.25) is 0 Å². The Hall–Kier alpha value is -0.900. The predicted octanol–water partition coefficient (Wildman–Crippen LogP) is 3.42. The van der Waals surface area contributed by atoms with E-state index in [9.17, 15) is 13.6 Å². The van der Waals surface area contributed by atoms with Crippen molar-refractivity contribution in [3.05, 3.63) is 29.8 Å². The summed E-state index contributed by atoms with van der Waals surface area (Å²) < 4.78 is 26.0. The maximum Gasteiger partial charge on any atom is 0.145 e. The minimum atomic E-state index is -0.491. The van der Waals surface area contributed by atoms with Crippen molar-refractivity contribution in [3.63, 3.8) is 0 Å². The summed E-state index contributed by atoms with van der Waals surface area (Å²) in [4.78, 5) is 11.5. The molecule has 1 aromatic rings. The smallest absolute Gasteiger partial charge is 0.145 e. The zero-order valence-electron chi connectivity index (χ0n) is 8.59. The van der Waals surface area contributed by atoms with Crippen LogP contribution in [0.15, 0.2) is 23.1 Å². The average molecular weight is 230 g/mol. The molecule has 82 valence electrons. The molecule has 0 saturated heterocycles. The topological polar surface area (TPSA) is 17.1 Å². The molecule has 15 heavy (non-hydrogen) atoms. The van der Waals surface area contributed by atoms with Crippen molar-refractivity contribution in [1.82, 2.24) is 0 Å². The fourth-order valence-corrected chi connectivity index (χ4v) is 2.15. The molecular weight excluding hydrogens is 218 g/mol. The molecule has 0 aromatic heterocycles. The van der Waals surface area contributed by atoms with Crippen LogP contribution in [0.5, 0.6) is 0 Å². The lowest BCUT2D eigenvalue weighted by atomic mass is 10.2. The number of ketones is 1. The second-order valence-electron chi connectivity index (χ2n) is 3.15. The molecule has 0 heterocycles. The van der Waals surface area contributed by atoms with E-state index in [2.05, 4.69) is 0 Å². The molecule has 4 heteroatoms. The molecule has 0 spiro atoms.